The quantitative estimate of drug-likeness (QED) is 0.748. The Labute approximate surface area is 131 Å². The van der Waals surface area contributed by atoms with E-state index in [1.54, 1.807) is 18.7 Å². The van der Waals surface area contributed by atoms with Crippen LogP contribution in [0.3, 0.4) is 0 Å². The fourth-order valence-electron chi connectivity index (χ4n) is 2.66. The van der Waals surface area contributed by atoms with Crippen molar-refractivity contribution in [1.82, 2.24) is 10.2 Å². The second-order valence-electron chi connectivity index (χ2n) is 6.06. The highest BCUT2D eigenvalue weighted by Gasteiger charge is 2.35. The maximum absolute atomic E-state index is 12.5. The average Bonchev–Trinajstić information content (AvgIpc) is 2.47. The van der Waals surface area contributed by atoms with Crippen molar-refractivity contribution < 1.29 is 14.4 Å². The molecule has 2 amide bonds. The molecule has 22 heavy (non-hydrogen) atoms. The van der Waals surface area contributed by atoms with Gasteiger partial charge in [-0.05, 0) is 33.1 Å². The van der Waals surface area contributed by atoms with Crippen LogP contribution in [0.25, 0.3) is 0 Å². The molecule has 6 nitrogen and oxygen atoms in total. The van der Waals surface area contributed by atoms with Crippen LogP contribution in [0, 0.1) is 23.2 Å². The number of nitrogens with zero attached hydrogens (tertiary/aromatic N) is 2. The Morgan fingerprint density at radius 3 is 2.59 bits per heavy atom. The van der Waals surface area contributed by atoms with E-state index in [-0.39, 0.29) is 17.7 Å². The van der Waals surface area contributed by atoms with E-state index in [1.807, 2.05) is 13.0 Å². The first kappa shape index (κ1) is 18.1. The summed E-state index contributed by atoms with van der Waals surface area (Å²) in [5.74, 6) is -2.57. The smallest absolute Gasteiger partial charge is 0.245 e. The SMILES string of the molecule is CCCC(=O)N1CCC[C@H](C(=O)[C@@H](C#N)C(=O)NC(C)C)C1. The third-order valence-corrected chi connectivity index (χ3v) is 3.75. The number of likely N-dealkylation sites (tertiary alicyclic amines) is 1. The first-order chi connectivity index (χ1) is 10.4. The molecule has 1 aliphatic rings. The van der Waals surface area contributed by atoms with E-state index in [9.17, 15) is 14.4 Å². The van der Waals surface area contributed by atoms with Crippen LogP contribution >= 0.6 is 0 Å². The zero-order valence-corrected chi connectivity index (χ0v) is 13.6. The normalized spacial score (nSPS) is 19.4. The number of carbonyl (C=O) groups is 3. The van der Waals surface area contributed by atoms with Gasteiger partial charge in [-0.15, -0.1) is 0 Å². The van der Waals surface area contributed by atoms with Crippen molar-refractivity contribution in [3.8, 4) is 6.07 Å². The third kappa shape index (κ3) is 4.83. The summed E-state index contributed by atoms with van der Waals surface area (Å²) in [6.45, 7) is 6.47. The molecule has 0 aliphatic carbocycles. The Kier molecular flexibility index (Phi) is 7.03. The lowest BCUT2D eigenvalue weighted by Crippen LogP contribution is -2.46. The van der Waals surface area contributed by atoms with Gasteiger partial charge in [0.15, 0.2) is 11.7 Å². The van der Waals surface area contributed by atoms with Crippen molar-refractivity contribution >= 4 is 17.6 Å². The molecule has 0 bridgehead atoms. The summed E-state index contributed by atoms with van der Waals surface area (Å²) in [5, 5.41) is 11.8. The monoisotopic (exact) mass is 307 g/mol. The highest BCUT2D eigenvalue weighted by molar-refractivity contribution is 6.05. The summed E-state index contributed by atoms with van der Waals surface area (Å²) < 4.78 is 0. The fraction of sp³-hybridized carbons (Fsp3) is 0.750. The minimum atomic E-state index is -1.28. The molecule has 0 aromatic carbocycles. The van der Waals surface area contributed by atoms with E-state index in [2.05, 4.69) is 5.32 Å². The number of rotatable bonds is 6. The largest absolute Gasteiger partial charge is 0.352 e. The molecule has 0 unspecified atom stereocenters. The topological polar surface area (TPSA) is 90.3 Å². The molecule has 0 saturated carbocycles. The minimum absolute atomic E-state index is 0.0418. The van der Waals surface area contributed by atoms with Gasteiger partial charge in [-0.2, -0.15) is 5.26 Å². The van der Waals surface area contributed by atoms with Gasteiger partial charge in [-0.1, -0.05) is 6.92 Å². The van der Waals surface area contributed by atoms with Crippen LogP contribution in [0.4, 0.5) is 0 Å². The molecule has 0 aromatic rings. The number of nitrogens with one attached hydrogen (secondary N) is 1. The number of nitriles is 1. The van der Waals surface area contributed by atoms with Gasteiger partial charge in [-0.3, -0.25) is 14.4 Å². The molecule has 122 valence electrons. The van der Waals surface area contributed by atoms with Crippen LogP contribution in [0.5, 0.6) is 0 Å². The van der Waals surface area contributed by atoms with Gasteiger partial charge in [0.05, 0.1) is 6.07 Å². The van der Waals surface area contributed by atoms with Gasteiger partial charge >= 0.3 is 0 Å². The van der Waals surface area contributed by atoms with Crippen LogP contribution in [-0.2, 0) is 14.4 Å². The molecule has 1 aliphatic heterocycles. The van der Waals surface area contributed by atoms with E-state index in [1.165, 1.54) is 0 Å². The summed E-state index contributed by atoms with van der Waals surface area (Å²) in [7, 11) is 0. The van der Waals surface area contributed by atoms with E-state index >= 15 is 0 Å². The molecule has 1 rings (SSSR count). The number of carbonyl (C=O) groups excluding carboxylic acids is 3. The lowest BCUT2D eigenvalue weighted by atomic mass is 9.86. The molecule has 0 aromatic heterocycles. The van der Waals surface area contributed by atoms with Gasteiger partial charge in [0.1, 0.15) is 0 Å². The number of ketones is 1. The summed E-state index contributed by atoms with van der Waals surface area (Å²) in [6, 6.07) is 1.69. The Balaban J connectivity index is 2.72. The molecule has 1 saturated heterocycles. The molecule has 1 heterocycles. The van der Waals surface area contributed by atoms with E-state index in [0.717, 1.165) is 12.8 Å². The van der Waals surface area contributed by atoms with E-state index < -0.39 is 17.7 Å². The van der Waals surface area contributed by atoms with Crippen LogP contribution in [0.15, 0.2) is 0 Å². The number of amides is 2. The molecule has 6 heteroatoms. The van der Waals surface area contributed by atoms with Crippen LogP contribution in [-0.4, -0.2) is 41.6 Å². The second kappa shape index (κ2) is 8.52. The molecule has 2 atom stereocenters. The number of hydrogen-bond donors (Lipinski definition) is 1. The zero-order chi connectivity index (χ0) is 16.7. The predicted molar refractivity (Wildman–Crippen MR) is 81.6 cm³/mol. The fourth-order valence-corrected chi connectivity index (χ4v) is 2.66. The van der Waals surface area contributed by atoms with Gasteiger partial charge < -0.3 is 10.2 Å². The summed E-state index contributed by atoms with van der Waals surface area (Å²) in [5.41, 5.74) is 0. The Hall–Kier alpha value is -1.90. The highest BCUT2D eigenvalue weighted by Crippen LogP contribution is 2.21. The molecule has 0 spiro atoms. The summed E-state index contributed by atoms with van der Waals surface area (Å²) in [6.07, 6.45) is 2.60. The standard InChI is InChI=1S/C16H25N3O3/c1-4-6-14(20)19-8-5-7-12(10-19)15(21)13(9-17)16(22)18-11(2)3/h11-13H,4-8,10H2,1-3H3,(H,18,22)/t12-,13+/m0/s1. The molecule has 1 fully saturated rings. The van der Waals surface area contributed by atoms with Crippen molar-refractivity contribution in [2.45, 2.75) is 52.5 Å². The first-order valence-corrected chi connectivity index (χ1v) is 7.92. The van der Waals surface area contributed by atoms with Crippen molar-refractivity contribution in [1.29, 1.82) is 5.26 Å². The Bertz CT molecular complexity index is 468. The number of piperidine rings is 1. The Morgan fingerprint density at radius 2 is 2.05 bits per heavy atom. The van der Waals surface area contributed by atoms with Gasteiger partial charge in [-0.25, -0.2) is 0 Å². The molecule has 0 radical (unpaired) electrons. The average molecular weight is 307 g/mol. The summed E-state index contributed by atoms with van der Waals surface area (Å²) >= 11 is 0. The first-order valence-electron chi connectivity index (χ1n) is 7.92. The predicted octanol–water partition coefficient (Wildman–Crippen LogP) is 1.26. The molecular weight excluding hydrogens is 282 g/mol. The number of hydrogen-bond acceptors (Lipinski definition) is 4. The maximum Gasteiger partial charge on any atom is 0.245 e. The van der Waals surface area contributed by atoms with Crippen LogP contribution in [0.1, 0.15) is 46.5 Å². The lowest BCUT2D eigenvalue weighted by molar-refractivity contribution is -0.137. The van der Waals surface area contributed by atoms with Gasteiger partial charge in [0.2, 0.25) is 11.8 Å². The minimum Gasteiger partial charge on any atom is -0.352 e. The van der Waals surface area contributed by atoms with Crippen molar-refractivity contribution in [3.63, 3.8) is 0 Å². The lowest BCUT2D eigenvalue weighted by Gasteiger charge is -2.32. The van der Waals surface area contributed by atoms with Crippen molar-refractivity contribution in [3.05, 3.63) is 0 Å². The maximum atomic E-state index is 12.5. The van der Waals surface area contributed by atoms with Crippen LogP contribution < -0.4 is 5.32 Å². The third-order valence-electron chi connectivity index (χ3n) is 3.75. The van der Waals surface area contributed by atoms with Gasteiger partial charge in [0, 0.05) is 31.5 Å². The Morgan fingerprint density at radius 1 is 1.36 bits per heavy atom. The van der Waals surface area contributed by atoms with Crippen molar-refractivity contribution in [2.24, 2.45) is 11.8 Å². The number of Topliss-reactive ketones (excluding diaryl/α,β-unsaturated/α-hetero) is 1. The highest BCUT2D eigenvalue weighted by atomic mass is 16.2. The van der Waals surface area contributed by atoms with Gasteiger partial charge in [0.25, 0.3) is 0 Å². The second-order valence-corrected chi connectivity index (χ2v) is 6.06. The summed E-state index contributed by atoms with van der Waals surface area (Å²) in [4.78, 5) is 38.0. The molecular formula is C16H25N3O3. The van der Waals surface area contributed by atoms with E-state index in [0.29, 0.717) is 25.9 Å². The van der Waals surface area contributed by atoms with E-state index in [4.69, 9.17) is 5.26 Å². The zero-order valence-electron chi connectivity index (χ0n) is 13.6. The van der Waals surface area contributed by atoms with Crippen LogP contribution in [0.2, 0.25) is 0 Å². The van der Waals surface area contributed by atoms with Crippen molar-refractivity contribution in [2.75, 3.05) is 13.1 Å². The molecule has 1 N–H and O–H groups in total.